The number of aromatic nitrogens is 3. The number of halogens is 4. The van der Waals surface area contributed by atoms with E-state index in [9.17, 15) is 23.1 Å². The summed E-state index contributed by atoms with van der Waals surface area (Å²) < 4.78 is 65.4. The second-order valence-corrected chi connectivity index (χ2v) is 11.5. The van der Waals surface area contributed by atoms with Crippen LogP contribution in [0.15, 0.2) is 48.8 Å². The first kappa shape index (κ1) is 26.9. The van der Waals surface area contributed by atoms with Crippen LogP contribution in [0.5, 0.6) is 0 Å². The average molecular weight is 560 g/mol. The van der Waals surface area contributed by atoms with Gasteiger partial charge in [-0.3, -0.25) is 14.6 Å². The molecule has 0 radical (unpaired) electrons. The smallest absolute Gasteiger partial charge is 0.396 e. The number of rotatable bonds is 7. The van der Waals surface area contributed by atoms with Crippen molar-refractivity contribution in [3.8, 4) is 0 Å². The summed E-state index contributed by atoms with van der Waals surface area (Å²) in [5, 5.41) is 17.4. The van der Waals surface area contributed by atoms with Crippen molar-refractivity contribution in [3.63, 3.8) is 0 Å². The van der Waals surface area contributed by atoms with Crippen LogP contribution in [-0.4, -0.2) is 70.1 Å². The number of alkyl halides is 4. The third kappa shape index (κ3) is 4.11. The molecule has 6 rings (SSSR count). The highest BCUT2D eigenvalue weighted by atomic mass is 19.4. The van der Waals surface area contributed by atoms with Gasteiger partial charge in [-0.15, -0.1) is 10.2 Å². The van der Waals surface area contributed by atoms with Crippen molar-refractivity contribution in [2.24, 2.45) is 12.5 Å². The van der Waals surface area contributed by atoms with Crippen LogP contribution >= 0.6 is 0 Å². The third-order valence-electron chi connectivity index (χ3n) is 8.41. The van der Waals surface area contributed by atoms with Crippen LogP contribution in [-0.2, 0) is 23.4 Å². The number of aryl methyl sites for hydroxylation is 1. The number of ether oxygens (including phenoxy) is 1. The van der Waals surface area contributed by atoms with E-state index in [2.05, 4.69) is 10.2 Å². The van der Waals surface area contributed by atoms with E-state index in [1.165, 1.54) is 27.9 Å². The van der Waals surface area contributed by atoms with Gasteiger partial charge in [0, 0.05) is 48.9 Å². The van der Waals surface area contributed by atoms with Crippen molar-refractivity contribution < 1.29 is 32.2 Å². The summed E-state index contributed by atoms with van der Waals surface area (Å²) in [6, 6.07) is 9.49. The van der Waals surface area contributed by atoms with E-state index in [0.29, 0.717) is 24.3 Å². The highest BCUT2D eigenvalue weighted by Gasteiger charge is 2.52. The van der Waals surface area contributed by atoms with E-state index in [0.717, 1.165) is 6.07 Å². The number of aliphatic hydroxyl groups excluding tert-OH is 1. The standard InChI is InChI=1S/C28H29F4N5O3/c1-26(13-38)11-36(12-26)10-21-22-19(7-4-8-20(22)28(30,31)32)25(39)37(21)18-6-3-5-17(9-18)27(14-40-15-27)23(29)24-34-33-16-35(24)2/h3-9,16,21,23,38H,10-15H2,1-2H3/t21-,23?/m1/s1. The molecule has 0 saturated carbocycles. The molecule has 1 amide bonds. The SMILES string of the molecule is Cn1cnnc1C(F)C1(c2cccc(N3C(=O)c4cccc(C(F)(F)F)c4[C@H]3CN3CC(C)(CO)C3)c2)COC1. The Morgan fingerprint density at radius 3 is 2.50 bits per heavy atom. The Morgan fingerprint density at radius 1 is 1.18 bits per heavy atom. The summed E-state index contributed by atoms with van der Waals surface area (Å²) in [5.74, 6) is -0.409. The van der Waals surface area contributed by atoms with Crippen molar-refractivity contribution in [1.82, 2.24) is 19.7 Å². The first-order valence-corrected chi connectivity index (χ1v) is 13.0. The monoisotopic (exact) mass is 559 g/mol. The Morgan fingerprint density at radius 2 is 1.90 bits per heavy atom. The number of benzene rings is 2. The minimum Gasteiger partial charge on any atom is -0.396 e. The Kier molecular flexibility index (Phi) is 6.28. The predicted molar refractivity (Wildman–Crippen MR) is 136 cm³/mol. The lowest BCUT2D eigenvalue weighted by Gasteiger charge is -2.48. The number of aliphatic hydroxyl groups is 1. The molecule has 2 atom stereocenters. The third-order valence-corrected chi connectivity index (χ3v) is 8.41. The zero-order chi connectivity index (χ0) is 28.4. The van der Waals surface area contributed by atoms with Crippen LogP contribution in [0.1, 0.15) is 52.0 Å². The van der Waals surface area contributed by atoms with Gasteiger partial charge in [0.2, 0.25) is 0 Å². The molecule has 12 heteroatoms. The number of carbonyl (C=O) groups is 1. The zero-order valence-electron chi connectivity index (χ0n) is 22.0. The van der Waals surface area contributed by atoms with E-state index in [1.54, 1.807) is 31.3 Å². The van der Waals surface area contributed by atoms with Crippen molar-refractivity contribution in [1.29, 1.82) is 0 Å². The van der Waals surface area contributed by atoms with Crippen LogP contribution in [0.4, 0.5) is 23.2 Å². The summed E-state index contributed by atoms with van der Waals surface area (Å²) in [6.07, 6.45) is -4.80. The first-order chi connectivity index (χ1) is 19.0. The number of hydrogen-bond donors (Lipinski definition) is 1. The van der Waals surface area contributed by atoms with Crippen molar-refractivity contribution >= 4 is 11.6 Å². The number of likely N-dealkylation sites (tertiary alicyclic amines) is 1. The highest BCUT2D eigenvalue weighted by molar-refractivity contribution is 6.11. The number of fused-ring (bicyclic) bond motifs is 1. The Bertz CT molecular complexity index is 1450. The largest absolute Gasteiger partial charge is 0.416 e. The van der Waals surface area contributed by atoms with Gasteiger partial charge in [-0.1, -0.05) is 25.1 Å². The molecule has 8 nitrogen and oxygen atoms in total. The molecule has 40 heavy (non-hydrogen) atoms. The van der Waals surface area contributed by atoms with Crippen LogP contribution in [0, 0.1) is 5.41 Å². The summed E-state index contributed by atoms with van der Waals surface area (Å²) in [7, 11) is 1.64. The lowest BCUT2D eigenvalue weighted by atomic mass is 9.74. The summed E-state index contributed by atoms with van der Waals surface area (Å²) in [5.41, 5.74) is -1.40. The van der Waals surface area contributed by atoms with E-state index in [4.69, 9.17) is 4.74 Å². The van der Waals surface area contributed by atoms with Gasteiger partial charge in [-0.2, -0.15) is 13.2 Å². The van der Waals surface area contributed by atoms with Crippen LogP contribution < -0.4 is 4.90 Å². The van der Waals surface area contributed by atoms with Crippen molar-refractivity contribution in [3.05, 3.63) is 76.9 Å². The van der Waals surface area contributed by atoms with Gasteiger partial charge in [0.25, 0.3) is 5.91 Å². The lowest BCUT2D eigenvalue weighted by Crippen LogP contribution is -2.58. The predicted octanol–water partition coefficient (Wildman–Crippen LogP) is 3.83. The quantitative estimate of drug-likeness (QED) is 0.443. The molecule has 4 heterocycles. The fourth-order valence-electron chi connectivity index (χ4n) is 6.25. The number of hydrogen-bond acceptors (Lipinski definition) is 6. The molecule has 212 valence electrons. The Hall–Kier alpha value is -3.35. The summed E-state index contributed by atoms with van der Waals surface area (Å²) >= 11 is 0. The van der Waals surface area contributed by atoms with Gasteiger partial charge in [0.1, 0.15) is 6.33 Å². The number of anilines is 1. The molecule has 1 N–H and O–H groups in total. The summed E-state index contributed by atoms with van der Waals surface area (Å²) in [6.45, 7) is 3.17. The zero-order valence-corrected chi connectivity index (χ0v) is 22.0. The minimum absolute atomic E-state index is 0.000171. The van der Waals surface area contributed by atoms with Crippen LogP contribution in [0.3, 0.4) is 0 Å². The maximum Gasteiger partial charge on any atom is 0.416 e. The molecule has 2 fully saturated rings. The van der Waals surface area contributed by atoms with E-state index in [-0.39, 0.29) is 48.7 Å². The molecule has 0 spiro atoms. The van der Waals surface area contributed by atoms with Crippen molar-refractivity contribution in [2.75, 3.05) is 44.4 Å². The molecule has 3 aliphatic heterocycles. The second-order valence-electron chi connectivity index (χ2n) is 11.5. The number of amides is 1. The van der Waals surface area contributed by atoms with E-state index in [1.807, 2.05) is 11.8 Å². The maximum atomic E-state index is 16.0. The van der Waals surface area contributed by atoms with E-state index < -0.39 is 35.3 Å². The Labute approximate surface area is 228 Å². The maximum absolute atomic E-state index is 16.0. The molecule has 1 aromatic heterocycles. The lowest BCUT2D eigenvalue weighted by molar-refractivity contribution is -0.138. The van der Waals surface area contributed by atoms with Gasteiger partial charge in [0.05, 0.1) is 36.8 Å². The molecular weight excluding hydrogens is 530 g/mol. The molecule has 1 unspecified atom stereocenters. The van der Waals surface area contributed by atoms with E-state index >= 15 is 4.39 Å². The van der Waals surface area contributed by atoms with Gasteiger partial charge < -0.3 is 14.4 Å². The minimum atomic E-state index is -4.65. The van der Waals surface area contributed by atoms with Crippen LogP contribution in [0.2, 0.25) is 0 Å². The molecule has 0 aliphatic carbocycles. The molecule has 3 aliphatic rings. The summed E-state index contributed by atoms with van der Waals surface area (Å²) in [4.78, 5) is 17.1. The first-order valence-electron chi connectivity index (χ1n) is 13.0. The molecule has 0 bridgehead atoms. The van der Waals surface area contributed by atoms with Gasteiger partial charge in [-0.25, -0.2) is 4.39 Å². The highest BCUT2D eigenvalue weighted by Crippen LogP contribution is 2.49. The van der Waals surface area contributed by atoms with Gasteiger partial charge in [-0.05, 0) is 29.8 Å². The molecule has 3 aromatic rings. The fraction of sp³-hybridized carbons (Fsp3) is 0.464. The fourth-order valence-corrected chi connectivity index (χ4v) is 6.25. The van der Waals surface area contributed by atoms with Crippen molar-refractivity contribution in [2.45, 2.75) is 30.7 Å². The van der Waals surface area contributed by atoms with Crippen LogP contribution in [0.25, 0.3) is 0 Å². The molecule has 2 saturated heterocycles. The molecule has 2 aromatic carbocycles. The molecular formula is C28H29F4N5O3. The second kappa shape index (κ2) is 9.35. The Balaban J connectivity index is 1.41. The average Bonchev–Trinajstić information content (AvgIpc) is 3.42. The van der Waals surface area contributed by atoms with Gasteiger partial charge >= 0.3 is 6.18 Å². The number of nitrogens with zero attached hydrogens (tertiary/aromatic N) is 5. The normalized spacial score (nSPS) is 22.5. The number of carbonyl (C=O) groups excluding carboxylic acids is 1. The topological polar surface area (TPSA) is 83.7 Å². The van der Waals surface area contributed by atoms with Gasteiger partial charge in [0.15, 0.2) is 12.0 Å².